The van der Waals surface area contributed by atoms with Crippen molar-refractivity contribution in [2.24, 2.45) is 0 Å². The fraction of sp³-hybridized carbons (Fsp3) is 0.235. The summed E-state index contributed by atoms with van der Waals surface area (Å²) < 4.78 is 12.8. The molecule has 1 saturated heterocycles. The lowest BCUT2D eigenvalue weighted by Crippen LogP contribution is -2.33. The van der Waals surface area contributed by atoms with Crippen LogP contribution in [0.4, 0.5) is 0 Å². The monoisotopic (exact) mass is 709 g/mol. The van der Waals surface area contributed by atoms with Gasteiger partial charge < -0.3 is 19.9 Å². The van der Waals surface area contributed by atoms with Crippen LogP contribution in [0.5, 0.6) is 0 Å². The molecule has 1 aliphatic heterocycles. The minimum absolute atomic E-state index is 0.0220. The van der Waals surface area contributed by atoms with Gasteiger partial charge >= 0.3 is 0 Å². The molecule has 5 aromatic rings. The number of aliphatic hydroxyl groups excluding tert-OH is 1. The molecule has 0 radical (unpaired) electrons. The van der Waals surface area contributed by atoms with Gasteiger partial charge in [-0.3, -0.25) is 4.79 Å². The van der Waals surface area contributed by atoms with Crippen LogP contribution in [0.15, 0.2) is 108 Å². The summed E-state index contributed by atoms with van der Waals surface area (Å²) in [6.45, 7) is 0.200. The van der Waals surface area contributed by atoms with Gasteiger partial charge in [0.15, 0.2) is 6.29 Å². The molecule has 3 atom stereocenters. The molecule has 2 heterocycles. The van der Waals surface area contributed by atoms with Crippen LogP contribution < -0.4 is 5.32 Å². The summed E-state index contributed by atoms with van der Waals surface area (Å²) in [4.78, 5) is 12.0. The number of rotatable bonds is 10. The van der Waals surface area contributed by atoms with Crippen molar-refractivity contribution in [3.05, 3.63) is 125 Å². The number of alkyl halides is 3. The van der Waals surface area contributed by atoms with Gasteiger partial charge in [0.2, 0.25) is 5.16 Å². The topological polar surface area (TPSA) is 111 Å². The number of halogens is 3. The van der Waals surface area contributed by atoms with Gasteiger partial charge in [0.25, 0.3) is 9.70 Å². The fourth-order valence-corrected chi connectivity index (χ4v) is 6.28. The van der Waals surface area contributed by atoms with E-state index in [4.69, 9.17) is 44.3 Å². The second kappa shape index (κ2) is 15.2. The second-order valence-electron chi connectivity index (χ2n) is 10.9. The Morgan fingerprint density at radius 3 is 2.36 bits per heavy atom. The van der Waals surface area contributed by atoms with Crippen molar-refractivity contribution in [1.29, 1.82) is 0 Å². The van der Waals surface area contributed by atoms with E-state index in [0.717, 1.165) is 39.1 Å². The Kier molecular flexibility index (Phi) is 10.8. The maximum atomic E-state index is 12.0. The molecule has 13 heteroatoms. The van der Waals surface area contributed by atoms with Crippen molar-refractivity contribution in [3.63, 3.8) is 0 Å². The summed E-state index contributed by atoms with van der Waals surface area (Å²) in [6, 6.07) is 33.3. The number of tetrazole rings is 1. The maximum absolute atomic E-state index is 12.0. The Bertz CT molecular complexity index is 1790. The van der Waals surface area contributed by atoms with Crippen LogP contribution in [0.25, 0.3) is 16.8 Å². The van der Waals surface area contributed by atoms with Gasteiger partial charge in [0.1, 0.15) is 0 Å². The number of carbonyl (C=O) groups is 1. The third-order valence-corrected chi connectivity index (χ3v) is 9.17. The number of nitrogens with one attached hydrogen (secondary N) is 1. The van der Waals surface area contributed by atoms with Gasteiger partial charge in [-0.05, 0) is 56.4 Å². The standard InChI is InChI=1S/C34H30Cl3N5O4S/c35-34(36,37)32(44)38-19-23-5-4-6-27(17-23)24-13-15-26(16-14-24)31-45-29(18-30(46-31)25-11-9-22(20-43)10-12-25)21-47-33-39-40-41-42(33)28-7-2-1-3-8-28/h1-17,29-31,43H,18-21H2,(H,38,44)/t29-,30+,31+/m0/s1. The van der Waals surface area contributed by atoms with Crippen molar-refractivity contribution in [1.82, 2.24) is 25.5 Å². The first-order chi connectivity index (χ1) is 22.8. The van der Waals surface area contributed by atoms with Crippen LogP contribution in [-0.2, 0) is 27.4 Å². The van der Waals surface area contributed by atoms with E-state index in [0.29, 0.717) is 17.3 Å². The Balaban J connectivity index is 1.18. The summed E-state index contributed by atoms with van der Waals surface area (Å²) in [5.74, 6) is -0.0725. The van der Waals surface area contributed by atoms with Crippen LogP contribution in [0.2, 0.25) is 0 Å². The van der Waals surface area contributed by atoms with E-state index in [1.165, 1.54) is 11.8 Å². The molecule has 1 amide bonds. The highest BCUT2D eigenvalue weighted by Gasteiger charge is 2.33. The number of hydrogen-bond donors (Lipinski definition) is 2. The van der Waals surface area contributed by atoms with Crippen molar-refractivity contribution >= 4 is 52.5 Å². The van der Waals surface area contributed by atoms with Crippen molar-refractivity contribution in [3.8, 4) is 16.8 Å². The number of benzene rings is 4. The van der Waals surface area contributed by atoms with E-state index in [-0.39, 0.29) is 25.4 Å². The summed E-state index contributed by atoms with van der Waals surface area (Å²) >= 11 is 18.5. The molecule has 0 saturated carbocycles. The van der Waals surface area contributed by atoms with Gasteiger partial charge in [-0.1, -0.05) is 131 Å². The molecule has 47 heavy (non-hydrogen) atoms. The minimum atomic E-state index is -2.02. The number of thioether (sulfide) groups is 1. The molecule has 2 N–H and O–H groups in total. The number of ether oxygens (including phenoxy) is 2. The Morgan fingerprint density at radius 1 is 0.894 bits per heavy atom. The van der Waals surface area contributed by atoms with Gasteiger partial charge in [0, 0.05) is 24.3 Å². The van der Waals surface area contributed by atoms with E-state index >= 15 is 0 Å². The first-order valence-electron chi connectivity index (χ1n) is 14.8. The third kappa shape index (κ3) is 8.52. The van der Waals surface area contributed by atoms with Crippen molar-refractivity contribution < 1.29 is 19.4 Å². The average molecular weight is 711 g/mol. The number of hydrogen-bond acceptors (Lipinski definition) is 8. The number of carbonyl (C=O) groups excluding carboxylic acids is 1. The summed E-state index contributed by atoms with van der Waals surface area (Å²) in [5, 5.41) is 25.1. The quantitative estimate of drug-likeness (QED) is 0.116. The summed E-state index contributed by atoms with van der Waals surface area (Å²) in [7, 11) is 0. The third-order valence-electron chi connectivity index (χ3n) is 7.61. The Hall–Kier alpha value is -3.48. The molecule has 6 rings (SSSR count). The highest BCUT2D eigenvalue weighted by Crippen LogP contribution is 2.40. The fourth-order valence-electron chi connectivity index (χ4n) is 5.17. The Morgan fingerprint density at radius 2 is 1.64 bits per heavy atom. The molecule has 1 aromatic heterocycles. The molecule has 4 aromatic carbocycles. The highest BCUT2D eigenvalue weighted by molar-refractivity contribution is 7.99. The van der Waals surface area contributed by atoms with Gasteiger partial charge in [-0.15, -0.1) is 5.10 Å². The predicted molar refractivity (Wildman–Crippen MR) is 182 cm³/mol. The Labute approximate surface area is 291 Å². The molecule has 0 aliphatic carbocycles. The number of aliphatic hydroxyl groups is 1. The van der Waals surface area contributed by atoms with Gasteiger partial charge in [0.05, 0.1) is 24.5 Å². The number of amides is 1. The van der Waals surface area contributed by atoms with E-state index in [1.54, 1.807) is 4.68 Å². The average Bonchev–Trinajstić information content (AvgIpc) is 3.58. The van der Waals surface area contributed by atoms with Crippen LogP contribution in [-0.4, -0.2) is 46.9 Å². The predicted octanol–water partition coefficient (Wildman–Crippen LogP) is 7.15. The van der Waals surface area contributed by atoms with E-state index in [9.17, 15) is 9.90 Å². The van der Waals surface area contributed by atoms with Crippen LogP contribution in [0.1, 0.15) is 41.1 Å². The minimum Gasteiger partial charge on any atom is -0.392 e. The number of nitrogens with zero attached hydrogens (tertiary/aromatic N) is 4. The largest absolute Gasteiger partial charge is 0.392 e. The van der Waals surface area contributed by atoms with Crippen LogP contribution in [0.3, 0.4) is 0 Å². The smallest absolute Gasteiger partial charge is 0.272 e. The molecule has 242 valence electrons. The molecular weight excluding hydrogens is 681 g/mol. The molecule has 9 nitrogen and oxygen atoms in total. The zero-order valence-corrected chi connectivity index (χ0v) is 28.0. The SMILES string of the molecule is O=C(NCc1cccc(-c2ccc([C@@H]3O[C@H](CSc4nnnn4-c4ccccc4)C[C@H](c4ccc(CO)cc4)O3)cc2)c1)C(Cl)(Cl)Cl. The normalized spacial score (nSPS) is 18.2. The first-order valence-corrected chi connectivity index (χ1v) is 16.9. The maximum Gasteiger partial charge on any atom is 0.272 e. The molecule has 0 unspecified atom stereocenters. The molecular formula is C34H30Cl3N5O4S. The van der Waals surface area contributed by atoms with Crippen LogP contribution >= 0.6 is 46.6 Å². The highest BCUT2D eigenvalue weighted by atomic mass is 35.6. The zero-order valence-electron chi connectivity index (χ0n) is 24.9. The lowest BCUT2D eigenvalue weighted by atomic mass is 9.99. The second-order valence-corrected chi connectivity index (χ2v) is 14.1. The van der Waals surface area contributed by atoms with Gasteiger partial charge in [-0.25, -0.2) is 0 Å². The molecule has 1 fully saturated rings. The number of aromatic nitrogens is 4. The van der Waals surface area contributed by atoms with E-state index in [1.807, 2.05) is 103 Å². The molecule has 1 aliphatic rings. The van der Waals surface area contributed by atoms with Crippen LogP contribution in [0, 0.1) is 0 Å². The van der Waals surface area contributed by atoms with Gasteiger partial charge in [-0.2, -0.15) is 4.68 Å². The van der Waals surface area contributed by atoms with E-state index in [2.05, 4.69) is 20.8 Å². The zero-order chi connectivity index (χ0) is 32.8. The molecule has 0 bridgehead atoms. The summed E-state index contributed by atoms with van der Waals surface area (Å²) in [6.07, 6.45) is -0.369. The number of para-hydroxylation sites is 1. The summed E-state index contributed by atoms with van der Waals surface area (Å²) in [5.41, 5.74) is 6.41. The van der Waals surface area contributed by atoms with Crippen molar-refractivity contribution in [2.45, 2.75) is 47.0 Å². The van der Waals surface area contributed by atoms with Crippen molar-refractivity contribution in [2.75, 3.05) is 5.75 Å². The lowest BCUT2D eigenvalue weighted by Gasteiger charge is -2.36. The van der Waals surface area contributed by atoms with E-state index < -0.39 is 16.0 Å². The first kappa shape index (κ1) is 33.4. The lowest BCUT2D eigenvalue weighted by molar-refractivity contribution is -0.245. The molecule has 0 spiro atoms.